The van der Waals surface area contributed by atoms with E-state index in [1.807, 2.05) is 27.1 Å². The summed E-state index contributed by atoms with van der Waals surface area (Å²) in [5.74, 6) is -0.264. The Kier molecular flexibility index (Phi) is 4.25. The van der Waals surface area contributed by atoms with E-state index in [2.05, 4.69) is 20.4 Å². The number of halogens is 1. The molecule has 3 aromatic rings. The van der Waals surface area contributed by atoms with Crippen LogP contribution in [0, 0.1) is 12.7 Å². The lowest BCUT2D eigenvalue weighted by Crippen LogP contribution is -2.20. The number of aromatic nitrogens is 2. The standard InChI is InChI=1S/C17H19FN4O/c1-11-16-17(23-21-11)15(19-8-9-22(2)3)10-14(20-16)12-4-6-13(18)7-5-12/h4-7,10H,8-9H2,1-3H3,(H,19,20). The number of hydrogen-bond acceptors (Lipinski definition) is 5. The summed E-state index contributed by atoms with van der Waals surface area (Å²) >= 11 is 0. The van der Waals surface area contributed by atoms with Crippen molar-refractivity contribution in [3.05, 3.63) is 41.8 Å². The molecule has 0 amide bonds. The van der Waals surface area contributed by atoms with E-state index in [4.69, 9.17) is 4.52 Å². The van der Waals surface area contributed by atoms with Crippen LogP contribution in [0.25, 0.3) is 22.4 Å². The first-order valence-corrected chi connectivity index (χ1v) is 7.46. The van der Waals surface area contributed by atoms with E-state index in [1.54, 1.807) is 12.1 Å². The Hall–Kier alpha value is -2.47. The summed E-state index contributed by atoms with van der Waals surface area (Å²) in [6, 6.07) is 8.21. The molecule has 0 spiro atoms. The van der Waals surface area contributed by atoms with Gasteiger partial charge < -0.3 is 14.7 Å². The zero-order valence-corrected chi connectivity index (χ0v) is 13.4. The van der Waals surface area contributed by atoms with Gasteiger partial charge in [0.2, 0.25) is 5.58 Å². The van der Waals surface area contributed by atoms with Crippen molar-refractivity contribution in [3.8, 4) is 11.3 Å². The normalized spacial score (nSPS) is 11.3. The summed E-state index contributed by atoms with van der Waals surface area (Å²) in [6.07, 6.45) is 0. The molecule has 0 radical (unpaired) electrons. The van der Waals surface area contributed by atoms with Crippen molar-refractivity contribution in [1.29, 1.82) is 0 Å². The lowest BCUT2D eigenvalue weighted by Gasteiger charge is -2.12. The minimum atomic E-state index is -0.264. The fourth-order valence-electron chi connectivity index (χ4n) is 2.34. The van der Waals surface area contributed by atoms with Gasteiger partial charge in [0.1, 0.15) is 17.0 Å². The second kappa shape index (κ2) is 6.34. The quantitative estimate of drug-likeness (QED) is 0.783. The molecule has 5 nitrogen and oxygen atoms in total. The molecule has 0 unspecified atom stereocenters. The Morgan fingerprint density at radius 1 is 1.22 bits per heavy atom. The summed E-state index contributed by atoms with van der Waals surface area (Å²) in [5.41, 5.74) is 4.56. The van der Waals surface area contributed by atoms with Crippen LogP contribution < -0.4 is 5.32 Å². The first-order chi connectivity index (χ1) is 11.0. The van der Waals surface area contributed by atoms with Crippen LogP contribution in [0.5, 0.6) is 0 Å². The van der Waals surface area contributed by atoms with E-state index in [1.165, 1.54) is 12.1 Å². The zero-order valence-electron chi connectivity index (χ0n) is 13.4. The maximum Gasteiger partial charge on any atom is 0.208 e. The van der Waals surface area contributed by atoms with Gasteiger partial charge in [-0.15, -0.1) is 0 Å². The maximum absolute atomic E-state index is 13.1. The predicted octanol–water partition coefficient (Wildman–Crippen LogP) is 3.31. The Morgan fingerprint density at radius 3 is 2.65 bits per heavy atom. The molecule has 1 aromatic carbocycles. The van der Waals surface area contributed by atoms with Crippen LogP contribution in [0.3, 0.4) is 0 Å². The molecule has 120 valence electrons. The predicted molar refractivity (Wildman–Crippen MR) is 89.0 cm³/mol. The van der Waals surface area contributed by atoms with Gasteiger partial charge in [-0.3, -0.25) is 0 Å². The third kappa shape index (κ3) is 3.32. The number of likely N-dealkylation sites (N-methyl/N-ethyl adjacent to an activating group) is 1. The van der Waals surface area contributed by atoms with Gasteiger partial charge in [0.25, 0.3) is 0 Å². The summed E-state index contributed by atoms with van der Waals surface area (Å²) in [5, 5.41) is 7.36. The fraction of sp³-hybridized carbons (Fsp3) is 0.294. The lowest BCUT2D eigenvalue weighted by molar-refractivity contribution is 0.424. The molecule has 0 saturated heterocycles. The summed E-state index contributed by atoms with van der Waals surface area (Å²) in [6.45, 7) is 3.52. The molecule has 0 fully saturated rings. The van der Waals surface area contributed by atoms with E-state index in [-0.39, 0.29) is 5.82 Å². The Bertz CT molecular complexity index is 811. The zero-order chi connectivity index (χ0) is 16.4. The van der Waals surface area contributed by atoms with E-state index >= 15 is 0 Å². The Morgan fingerprint density at radius 2 is 1.96 bits per heavy atom. The third-order valence-electron chi connectivity index (χ3n) is 3.60. The van der Waals surface area contributed by atoms with Crippen molar-refractivity contribution in [1.82, 2.24) is 15.0 Å². The smallest absolute Gasteiger partial charge is 0.208 e. The molecule has 0 aliphatic carbocycles. The number of rotatable bonds is 5. The molecule has 6 heteroatoms. The highest BCUT2D eigenvalue weighted by molar-refractivity contribution is 5.90. The number of nitrogens with one attached hydrogen (secondary N) is 1. The molecule has 0 bridgehead atoms. The molecule has 3 rings (SSSR count). The first-order valence-electron chi connectivity index (χ1n) is 7.46. The minimum absolute atomic E-state index is 0.264. The van der Waals surface area contributed by atoms with Crippen LogP contribution in [-0.2, 0) is 0 Å². The van der Waals surface area contributed by atoms with Crippen molar-refractivity contribution >= 4 is 16.8 Å². The van der Waals surface area contributed by atoms with Gasteiger partial charge in [-0.05, 0) is 51.4 Å². The van der Waals surface area contributed by atoms with E-state index < -0.39 is 0 Å². The first kappa shape index (κ1) is 15.4. The second-order valence-electron chi connectivity index (χ2n) is 5.74. The number of anilines is 1. The monoisotopic (exact) mass is 314 g/mol. The van der Waals surface area contributed by atoms with Crippen LogP contribution in [0.2, 0.25) is 0 Å². The fourth-order valence-corrected chi connectivity index (χ4v) is 2.34. The second-order valence-corrected chi connectivity index (χ2v) is 5.74. The molecule has 0 saturated carbocycles. The van der Waals surface area contributed by atoms with E-state index in [9.17, 15) is 4.39 Å². The van der Waals surface area contributed by atoms with Gasteiger partial charge >= 0.3 is 0 Å². The van der Waals surface area contributed by atoms with Crippen LogP contribution in [0.4, 0.5) is 10.1 Å². The summed E-state index contributed by atoms with van der Waals surface area (Å²) in [4.78, 5) is 6.70. The van der Waals surface area contributed by atoms with Crippen LogP contribution in [-0.4, -0.2) is 42.2 Å². The number of fused-ring (bicyclic) bond motifs is 1. The van der Waals surface area contributed by atoms with Crippen LogP contribution in [0.1, 0.15) is 5.69 Å². The topological polar surface area (TPSA) is 54.2 Å². The molecule has 0 atom stereocenters. The van der Waals surface area contributed by atoms with Crippen molar-refractivity contribution < 1.29 is 8.91 Å². The Labute approximate surface area is 134 Å². The number of hydrogen-bond donors (Lipinski definition) is 1. The highest BCUT2D eigenvalue weighted by Crippen LogP contribution is 2.29. The average Bonchev–Trinajstić information content (AvgIpc) is 2.89. The van der Waals surface area contributed by atoms with Gasteiger partial charge in [0.05, 0.1) is 11.4 Å². The van der Waals surface area contributed by atoms with Gasteiger partial charge in [-0.2, -0.15) is 0 Å². The Balaban J connectivity index is 2.01. The van der Waals surface area contributed by atoms with E-state index in [0.29, 0.717) is 5.58 Å². The lowest BCUT2D eigenvalue weighted by atomic mass is 10.1. The highest BCUT2D eigenvalue weighted by Gasteiger charge is 2.14. The number of aryl methyl sites for hydroxylation is 1. The molecule has 2 heterocycles. The van der Waals surface area contributed by atoms with E-state index in [0.717, 1.165) is 41.2 Å². The molecular formula is C17H19FN4O. The molecule has 23 heavy (non-hydrogen) atoms. The molecule has 0 aliphatic heterocycles. The summed E-state index contributed by atoms with van der Waals surface area (Å²) in [7, 11) is 4.04. The van der Waals surface area contributed by atoms with Crippen LogP contribution in [0.15, 0.2) is 34.9 Å². The van der Waals surface area contributed by atoms with Gasteiger partial charge in [0, 0.05) is 18.7 Å². The molecule has 2 aromatic heterocycles. The van der Waals surface area contributed by atoms with Crippen LogP contribution >= 0.6 is 0 Å². The van der Waals surface area contributed by atoms with Crippen molar-refractivity contribution in [2.45, 2.75) is 6.92 Å². The van der Waals surface area contributed by atoms with Crippen molar-refractivity contribution in [2.24, 2.45) is 0 Å². The SMILES string of the molecule is Cc1noc2c(NCCN(C)C)cc(-c3ccc(F)cc3)nc12. The minimum Gasteiger partial charge on any atom is -0.381 e. The number of nitrogens with zero attached hydrogens (tertiary/aromatic N) is 3. The summed E-state index contributed by atoms with van der Waals surface area (Å²) < 4.78 is 18.5. The third-order valence-corrected chi connectivity index (χ3v) is 3.60. The molecule has 0 aliphatic rings. The molecule has 1 N–H and O–H groups in total. The largest absolute Gasteiger partial charge is 0.381 e. The molecular weight excluding hydrogens is 295 g/mol. The van der Waals surface area contributed by atoms with Crippen molar-refractivity contribution in [2.75, 3.05) is 32.5 Å². The number of benzene rings is 1. The van der Waals surface area contributed by atoms with Crippen molar-refractivity contribution in [3.63, 3.8) is 0 Å². The maximum atomic E-state index is 13.1. The van der Waals surface area contributed by atoms with Gasteiger partial charge in [-0.1, -0.05) is 5.16 Å². The highest BCUT2D eigenvalue weighted by atomic mass is 19.1. The number of pyridine rings is 1. The average molecular weight is 314 g/mol. The van der Waals surface area contributed by atoms with Gasteiger partial charge in [0.15, 0.2) is 0 Å². The van der Waals surface area contributed by atoms with Gasteiger partial charge in [-0.25, -0.2) is 9.37 Å².